The molecule has 0 aliphatic carbocycles. The molecule has 0 amide bonds. The van der Waals surface area contributed by atoms with E-state index in [0.717, 1.165) is 19.7 Å². The highest BCUT2D eigenvalue weighted by atomic mass is 16.5. The molecular weight excluding hydrogens is 222 g/mol. The smallest absolute Gasteiger partial charge is 0.0806 e. The lowest BCUT2D eigenvalue weighted by Crippen LogP contribution is -2.49. The predicted molar refractivity (Wildman–Crippen MR) is 79.1 cm³/mol. The Bertz CT molecular complexity index is 188. The van der Waals surface area contributed by atoms with Gasteiger partial charge in [-0.1, -0.05) is 65.2 Å². The van der Waals surface area contributed by atoms with E-state index >= 15 is 0 Å². The van der Waals surface area contributed by atoms with Gasteiger partial charge in [-0.2, -0.15) is 0 Å². The number of ether oxygens (including phenoxy) is 1. The highest BCUT2D eigenvalue weighted by molar-refractivity contribution is 4.86. The van der Waals surface area contributed by atoms with Crippen LogP contribution in [0.5, 0.6) is 0 Å². The van der Waals surface area contributed by atoms with Crippen LogP contribution >= 0.6 is 0 Å². The zero-order valence-corrected chi connectivity index (χ0v) is 12.6. The number of rotatable bonds is 10. The van der Waals surface area contributed by atoms with Crippen LogP contribution in [0, 0.1) is 0 Å². The van der Waals surface area contributed by atoms with Crippen molar-refractivity contribution in [1.82, 2.24) is 5.32 Å². The minimum atomic E-state index is 0.166. The summed E-state index contributed by atoms with van der Waals surface area (Å²) >= 11 is 0. The van der Waals surface area contributed by atoms with Gasteiger partial charge in [0.05, 0.1) is 12.2 Å². The average Bonchev–Trinajstić information content (AvgIpc) is 2.42. The monoisotopic (exact) mass is 255 g/mol. The minimum absolute atomic E-state index is 0.166. The first-order valence-electron chi connectivity index (χ1n) is 8.17. The molecule has 2 nitrogen and oxygen atoms in total. The maximum Gasteiger partial charge on any atom is 0.0806 e. The van der Waals surface area contributed by atoms with Crippen LogP contribution in [-0.4, -0.2) is 25.3 Å². The van der Waals surface area contributed by atoms with Gasteiger partial charge in [0.1, 0.15) is 0 Å². The summed E-state index contributed by atoms with van der Waals surface area (Å²) in [5.74, 6) is 0. The minimum Gasteiger partial charge on any atom is -0.372 e. The van der Waals surface area contributed by atoms with Crippen molar-refractivity contribution in [2.24, 2.45) is 0 Å². The van der Waals surface area contributed by atoms with Crippen LogP contribution < -0.4 is 5.32 Å². The highest BCUT2D eigenvalue weighted by Gasteiger charge is 2.31. The second-order valence-electron chi connectivity index (χ2n) is 5.83. The third kappa shape index (κ3) is 6.19. The van der Waals surface area contributed by atoms with Crippen LogP contribution in [0.15, 0.2) is 0 Å². The second-order valence-corrected chi connectivity index (χ2v) is 5.83. The van der Waals surface area contributed by atoms with Crippen molar-refractivity contribution in [1.29, 1.82) is 0 Å². The Kier molecular flexibility index (Phi) is 8.70. The number of hydrogen-bond acceptors (Lipinski definition) is 2. The summed E-state index contributed by atoms with van der Waals surface area (Å²) in [6.45, 7) is 7.56. The van der Waals surface area contributed by atoms with Gasteiger partial charge in [-0.25, -0.2) is 0 Å². The summed E-state index contributed by atoms with van der Waals surface area (Å²) < 4.78 is 6.13. The van der Waals surface area contributed by atoms with E-state index in [0.29, 0.717) is 0 Å². The molecule has 1 saturated heterocycles. The van der Waals surface area contributed by atoms with E-state index in [1.165, 1.54) is 64.2 Å². The molecule has 18 heavy (non-hydrogen) atoms. The molecule has 0 radical (unpaired) electrons. The fourth-order valence-electron chi connectivity index (χ4n) is 2.88. The van der Waals surface area contributed by atoms with Crippen LogP contribution in [0.1, 0.15) is 78.1 Å². The quantitative estimate of drug-likeness (QED) is 0.588. The van der Waals surface area contributed by atoms with Crippen molar-refractivity contribution < 1.29 is 4.74 Å². The SMILES string of the molecule is CCCCCCCCC1(CCCC)CNCCO1. The largest absolute Gasteiger partial charge is 0.372 e. The Morgan fingerprint density at radius 3 is 2.22 bits per heavy atom. The van der Waals surface area contributed by atoms with Gasteiger partial charge in [0, 0.05) is 13.1 Å². The first-order chi connectivity index (χ1) is 8.83. The fourth-order valence-corrected chi connectivity index (χ4v) is 2.88. The molecule has 1 rings (SSSR count). The molecule has 0 saturated carbocycles. The molecular formula is C16H33NO. The van der Waals surface area contributed by atoms with Crippen LogP contribution in [0.2, 0.25) is 0 Å². The van der Waals surface area contributed by atoms with Gasteiger partial charge in [0.25, 0.3) is 0 Å². The Labute approximate surface area is 114 Å². The fraction of sp³-hybridized carbons (Fsp3) is 1.00. The molecule has 0 aromatic heterocycles. The predicted octanol–water partition coefficient (Wildman–Crippen LogP) is 4.29. The summed E-state index contributed by atoms with van der Waals surface area (Å²) in [6.07, 6.45) is 13.4. The lowest BCUT2D eigenvalue weighted by atomic mass is 9.89. The topological polar surface area (TPSA) is 21.3 Å². The summed E-state index contributed by atoms with van der Waals surface area (Å²) in [5.41, 5.74) is 0.166. The van der Waals surface area contributed by atoms with Crippen molar-refractivity contribution in [3.05, 3.63) is 0 Å². The Morgan fingerprint density at radius 2 is 1.56 bits per heavy atom. The summed E-state index contributed by atoms with van der Waals surface area (Å²) in [4.78, 5) is 0. The van der Waals surface area contributed by atoms with E-state index in [4.69, 9.17) is 4.74 Å². The van der Waals surface area contributed by atoms with Crippen molar-refractivity contribution in [2.75, 3.05) is 19.7 Å². The highest BCUT2D eigenvalue weighted by Crippen LogP contribution is 2.27. The summed E-state index contributed by atoms with van der Waals surface area (Å²) in [7, 11) is 0. The molecule has 1 unspecified atom stereocenters. The zero-order valence-electron chi connectivity index (χ0n) is 12.6. The van der Waals surface area contributed by atoms with Crippen LogP contribution in [0.3, 0.4) is 0 Å². The van der Waals surface area contributed by atoms with E-state index < -0.39 is 0 Å². The van der Waals surface area contributed by atoms with Gasteiger partial charge in [0.2, 0.25) is 0 Å². The first kappa shape index (κ1) is 16.0. The number of nitrogens with one attached hydrogen (secondary N) is 1. The number of morpholine rings is 1. The van der Waals surface area contributed by atoms with Crippen molar-refractivity contribution in [3.63, 3.8) is 0 Å². The van der Waals surface area contributed by atoms with Crippen molar-refractivity contribution in [3.8, 4) is 0 Å². The molecule has 108 valence electrons. The van der Waals surface area contributed by atoms with E-state index in [1.54, 1.807) is 0 Å². The molecule has 0 bridgehead atoms. The van der Waals surface area contributed by atoms with E-state index in [-0.39, 0.29) is 5.60 Å². The molecule has 1 aliphatic heterocycles. The van der Waals surface area contributed by atoms with Crippen molar-refractivity contribution >= 4 is 0 Å². The van der Waals surface area contributed by atoms with Gasteiger partial charge in [-0.05, 0) is 12.8 Å². The Morgan fingerprint density at radius 1 is 0.889 bits per heavy atom. The van der Waals surface area contributed by atoms with Crippen molar-refractivity contribution in [2.45, 2.75) is 83.7 Å². The lowest BCUT2D eigenvalue weighted by Gasteiger charge is -2.38. The third-order valence-electron chi connectivity index (χ3n) is 4.11. The molecule has 0 aromatic rings. The molecule has 1 heterocycles. The molecule has 1 atom stereocenters. The van der Waals surface area contributed by atoms with Gasteiger partial charge in [-0.15, -0.1) is 0 Å². The average molecular weight is 255 g/mol. The van der Waals surface area contributed by atoms with Gasteiger partial charge < -0.3 is 10.1 Å². The number of unbranched alkanes of at least 4 members (excludes halogenated alkanes) is 6. The molecule has 0 aromatic carbocycles. The maximum absolute atomic E-state index is 6.13. The van der Waals surface area contributed by atoms with Crippen LogP contribution in [-0.2, 0) is 4.74 Å². The van der Waals surface area contributed by atoms with E-state index in [1.807, 2.05) is 0 Å². The second kappa shape index (κ2) is 9.80. The third-order valence-corrected chi connectivity index (χ3v) is 4.11. The van der Waals surface area contributed by atoms with Crippen LogP contribution in [0.4, 0.5) is 0 Å². The molecule has 1 fully saturated rings. The summed E-state index contributed by atoms with van der Waals surface area (Å²) in [5, 5.41) is 3.52. The lowest BCUT2D eigenvalue weighted by molar-refractivity contribution is -0.0789. The Hall–Kier alpha value is -0.0800. The maximum atomic E-state index is 6.13. The normalized spacial score (nSPS) is 24.3. The number of hydrogen-bond donors (Lipinski definition) is 1. The molecule has 1 N–H and O–H groups in total. The van der Waals surface area contributed by atoms with Gasteiger partial charge in [-0.3, -0.25) is 0 Å². The Balaban J connectivity index is 2.19. The first-order valence-corrected chi connectivity index (χ1v) is 8.17. The van der Waals surface area contributed by atoms with Crippen LogP contribution in [0.25, 0.3) is 0 Å². The molecule has 2 heteroatoms. The zero-order chi connectivity index (χ0) is 13.1. The summed E-state index contributed by atoms with van der Waals surface area (Å²) in [6, 6.07) is 0. The van der Waals surface area contributed by atoms with Gasteiger partial charge >= 0.3 is 0 Å². The molecule has 1 aliphatic rings. The standard InChI is InChI=1S/C16H33NO/c1-3-5-7-8-9-10-12-16(11-6-4-2)15-17-13-14-18-16/h17H,3-15H2,1-2H3. The molecule has 0 spiro atoms. The van der Waals surface area contributed by atoms with E-state index in [9.17, 15) is 0 Å². The van der Waals surface area contributed by atoms with Gasteiger partial charge in [0.15, 0.2) is 0 Å². The van der Waals surface area contributed by atoms with E-state index in [2.05, 4.69) is 19.2 Å².